The lowest BCUT2D eigenvalue weighted by Crippen LogP contribution is -2.45. The number of likely N-dealkylation sites (tertiary alicyclic amines) is 2. The number of thiazole rings is 1. The summed E-state index contributed by atoms with van der Waals surface area (Å²) in [5.41, 5.74) is 0. The number of carbonyl (C=O) groups excluding carboxylic acids is 1. The molecule has 116 valence electrons. The summed E-state index contributed by atoms with van der Waals surface area (Å²) in [6, 6.07) is 0.313. The van der Waals surface area contributed by atoms with Crippen molar-refractivity contribution in [2.75, 3.05) is 26.3 Å². The summed E-state index contributed by atoms with van der Waals surface area (Å²) < 4.78 is 12.7. The first-order chi connectivity index (χ1) is 10.2. The van der Waals surface area contributed by atoms with Crippen LogP contribution in [0.2, 0.25) is 0 Å². The zero-order valence-corrected chi connectivity index (χ0v) is 13.2. The predicted molar refractivity (Wildman–Crippen MR) is 80.9 cm³/mol. The molecule has 0 saturated carbocycles. The van der Waals surface area contributed by atoms with Crippen LogP contribution in [0.4, 0.5) is 4.39 Å². The second-order valence-corrected chi connectivity index (χ2v) is 7.44. The molecule has 1 atom stereocenters. The van der Waals surface area contributed by atoms with Crippen molar-refractivity contribution in [2.45, 2.75) is 38.8 Å². The molecule has 1 unspecified atom stereocenters. The Morgan fingerprint density at radius 2 is 2.19 bits per heavy atom. The van der Waals surface area contributed by atoms with Crippen LogP contribution in [0.25, 0.3) is 0 Å². The monoisotopic (exact) mass is 311 g/mol. The van der Waals surface area contributed by atoms with Crippen molar-refractivity contribution in [1.29, 1.82) is 0 Å². The Kier molecular flexibility index (Phi) is 4.54. The van der Waals surface area contributed by atoms with Crippen LogP contribution in [-0.4, -0.2) is 53.0 Å². The average molecular weight is 311 g/mol. The molecule has 3 rings (SSSR count). The number of rotatable bonds is 4. The van der Waals surface area contributed by atoms with E-state index in [0.29, 0.717) is 19.0 Å². The van der Waals surface area contributed by atoms with Gasteiger partial charge in [-0.2, -0.15) is 0 Å². The number of piperidine rings is 1. The second-order valence-electron chi connectivity index (χ2n) is 6.12. The van der Waals surface area contributed by atoms with Crippen LogP contribution >= 0.6 is 11.3 Å². The van der Waals surface area contributed by atoms with Crippen molar-refractivity contribution in [3.05, 3.63) is 16.1 Å². The molecule has 4 nitrogen and oxygen atoms in total. The van der Waals surface area contributed by atoms with E-state index in [9.17, 15) is 9.18 Å². The first-order valence-electron chi connectivity index (χ1n) is 7.65. The quantitative estimate of drug-likeness (QED) is 0.855. The van der Waals surface area contributed by atoms with Gasteiger partial charge in [-0.3, -0.25) is 14.1 Å². The fourth-order valence-corrected chi connectivity index (χ4v) is 4.19. The van der Waals surface area contributed by atoms with Gasteiger partial charge in [-0.05, 0) is 19.8 Å². The highest BCUT2D eigenvalue weighted by molar-refractivity contribution is 7.11. The molecule has 6 heteroatoms. The van der Waals surface area contributed by atoms with Gasteiger partial charge in [0, 0.05) is 55.6 Å². The van der Waals surface area contributed by atoms with E-state index in [1.165, 1.54) is 4.88 Å². The number of nitrogens with zero attached hydrogens (tertiary/aromatic N) is 3. The lowest BCUT2D eigenvalue weighted by Gasteiger charge is -2.36. The van der Waals surface area contributed by atoms with Gasteiger partial charge in [0.15, 0.2) is 0 Å². The van der Waals surface area contributed by atoms with Crippen molar-refractivity contribution in [3.8, 4) is 0 Å². The zero-order chi connectivity index (χ0) is 14.8. The molecule has 0 spiro atoms. The Bertz CT molecular complexity index is 499. The van der Waals surface area contributed by atoms with Gasteiger partial charge in [-0.1, -0.05) is 0 Å². The summed E-state index contributed by atoms with van der Waals surface area (Å²) in [5.74, 6) is 0.0740. The molecule has 2 aliphatic rings. The molecule has 0 bridgehead atoms. The number of hydrogen-bond acceptors (Lipinski definition) is 4. The average Bonchev–Trinajstić information content (AvgIpc) is 3.06. The molecular formula is C15H22FN3OS. The molecule has 1 aromatic rings. The maximum Gasteiger partial charge on any atom is 0.223 e. The summed E-state index contributed by atoms with van der Waals surface area (Å²) >= 11 is 1.75. The van der Waals surface area contributed by atoms with E-state index in [1.54, 1.807) is 11.3 Å². The largest absolute Gasteiger partial charge is 0.339 e. The second kappa shape index (κ2) is 6.40. The normalized spacial score (nSPS) is 25.0. The molecule has 2 fully saturated rings. The molecule has 0 N–H and O–H groups in total. The number of amides is 1. The Hall–Kier alpha value is -1.01. The molecule has 3 heterocycles. The number of aryl methyl sites for hydroxylation is 1. The van der Waals surface area contributed by atoms with Crippen LogP contribution in [-0.2, 0) is 11.3 Å². The van der Waals surface area contributed by atoms with Crippen LogP contribution < -0.4 is 0 Å². The third-order valence-electron chi connectivity index (χ3n) is 4.50. The lowest BCUT2D eigenvalue weighted by molar-refractivity contribution is -0.130. The number of halogens is 1. The Morgan fingerprint density at radius 1 is 1.43 bits per heavy atom. The number of carbonyl (C=O) groups is 1. The van der Waals surface area contributed by atoms with E-state index >= 15 is 0 Å². The van der Waals surface area contributed by atoms with Crippen molar-refractivity contribution in [3.63, 3.8) is 0 Å². The SMILES string of the molecule is Cc1ncc(CN2CCC(N3CC(CF)CC3=O)CC2)s1. The van der Waals surface area contributed by atoms with Crippen molar-refractivity contribution < 1.29 is 9.18 Å². The van der Waals surface area contributed by atoms with Crippen molar-refractivity contribution in [2.24, 2.45) is 5.92 Å². The molecule has 1 amide bonds. The summed E-state index contributed by atoms with van der Waals surface area (Å²) in [6.07, 6.45) is 4.36. The van der Waals surface area contributed by atoms with Gasteiger partial charge in [-0.15, -0.1) is 11.3 Å². The fourth-order valence-electron chi connectivity index (χ4n) is 3.35. The van der Waals surface area contributed by atoms with Crippen LogP contribution in [0, 0.1) is 12.8 Å². The van der Waals surface area contributed by atoms with E-state index in [1.807, 2.05) is 18.0 Å². The Balaban J connectivity index is 1.50. The third-order valence-corrected chi connectivity index (χ3v) is 5.40. The van der Waals surface area contributed by atoms with E-state index in [-0.39, 0.29) is 18.5 Å². The Labute approximate surface area is 129 Å². The van der Waals surface area contributed by atoms with E-state index < -0.39 is 0 Å². The highest BCUT2D eigenvalue weighted by Crippen LogP contribution is 2.26. The minimum atomic E-state index is -0.369. The topological polar surface area (TPSA) is 36.4 Å². The van der Waals surface area contributed by atoms with Crippen LogP contribution in [0.5, 0.6) is 0 Å². The molecule has 0 radical (unpaired) electrons. The van der Waals surface area contributed by atoms with Crippen molar-refractivity contribution >= 4 is 17.2 Å². The van der Waals surface area contributed by atoms with Gasteiger partial charge in [0.2, 0.25) is 5.91 Å². The van der Waals surface area contributed by atoms with E-state index in [2.05, 4.69) is 9.88 Å². The molecular weight excluding hydrogens is 289 g/mol. The van der Waals surface area contributed by atoms with Crippen LogP contribution in [0.3, 0.4) is 0 Å². The predicted octanol–water partition coefficient (Wildman–Crippen LogP) is 2.23. The highest BCUT2D eigenvalue weighted by atomic mass is 32.1. The molecule has 2 saturated heterocycles. The van der Waals surface area contributed by atoms with Gasteiger partial charge in [0.05, 0.1) is 11.7 Å². The van der Waals surface area contributed by atoms with Gasteiger partial charge in [0.1, 0.15) is 0 Å². The van der Waals surface area contributed by atoms with Gasteiger partial charge >= 0.3 is 0 Å². The maximum atomic E-state index is 12.7. The van der Waals surface area contributed by atoms with Gasteiger partial charge < -0.3 is 4.90 Å². The maximum absolute atomic E-state index is 12.7. The lowest BCUT2D eigenvalue weighted by atomic mass is 10.0. The first-order valence-corrected chi connectivity index (χ1v) is 8.46. The minimum Gasteiger partial charge on any atom is -0.339 e. The standard InChI is InChI=1S/C15H22FN3OS/c1-11-17-8-14(21-11)10-18-4-2-13(3-5-18)19-9-12(7-16)6-15(19)20/h8,12-13H,2-7,9-10H2,1H3. The third kappa shape index (κ3) is 3.43. The summed E-state index contributed by atoms with van der Waals surface area (Å²) in [7, 11) is 0. The molecule has 0 aromatic carbocycles. The Morgan fingerprint density at radius 3 is 2.76 bits per heavy atom. The fraction of sp³-hybridized carbons (Fsp3) is 0.733. The molecule has 21 heavy (non-hydrogen) atoms. The van der Waals surface area contributed by atoms with Crippen LogP contribution in [0.15, 0.2) is 6.20 Å². The van der Waals surface area contributed by atoms with E-state index in [4.69, 9.17) is 0 Å². The molecule has 1 aromatic heterocycles. The first kappa shape index (κ1) is 14.9. The smallest absolute Gasteiger partial charge is 0.223 e. The van der Waals surface area contributed by atoms with Crippen LogP contribution in [0.1, 0.15) is 29.1 Å². The summed E-state index contributed by atoms with van der Waals surface area (Å²) in [5, 5.41) is 1.11. The number of hydrogen-bond donors (Lipinski definition) is 0. The molecule has 0 aliphatic carbocycles. The number of alkyl halides is 1. The summed E-state index contributed by atoms with van der Waals surface area (Å²) in [4.78, 5) is 21.9. The molecule has 2 aliphatic heterocycles. The van der Waals surface area contributed by atoms with Gasteiger partial charge in [-0.25, -0.2) is 4.98 Å². The zero-order valence-electron chi connectivity index (χ0n) is 12.4. The van der Waals surface area contributed by atoms with Gasteiger partial charge in [0.25, 0.3) is 0 Å². The highest BCUT2D eigenvalue weighted by Gasteiger charge is 2.35. The summed E-state index contributed by atoms with van der Waals surface area (Å²) in [6.45, 7) is 5.25. The number of aromatic nitrogens is 1. The van der Waals surface area contributed by atoms with Crippen molar-refractivity contribution in [1.82, 2.24) is 14.8 Å². The van der Waals surface area contributed by atoms with E-state index in [0.717, 1.165) is 37.5 Å². The minimum absolute atomic E-state index is 0.0734.